The monoisotopic (exact) mass is 552 g/mol. The van der Waals surface area contributed by atoms with Crippen LogP contribution in [0.3, 0.4) is 0 Å². The highest BCUT2D eigenvalue weighted by Gasteiger charge is 2.16. The van der Waals surface area contributed by atoms with Gasteiger partial charge in [0.15, 0.2) is 0 Å². The normalized spacial score (nSPS) is 11.3. The van der Waals surface area contributed by atoms with Crippen LogP contribution >= 0.6 is 11.3 Å². The maximum Gasteiger partial charge on any atom is 0.135 e. The van der Waals surface area contributed by atoms with Crippen molar-refractivity contribution in [3.05, 3.63) is 132 Å². The molecule has 0 aliphatic heterocycles. The summed E-state index contributed by atoms with van der Waals surface area (Å²) in [6.07, 6.45) is 0. The molecule has 0 saturated carbocycles. The van der Waals surface area contributed by atoms with Crippen LogP contribution in [0.5, 0.6) is 0 Å². The summed E-state index contributed by atoms with van der Waals surface area (Å²) in [5.74, 6) is 0. The lowest BCUT2D eigenvalue weighted by Gasteiger charge is -2.14. The van der Waals surface area contributed by atoms with Crippen LogP contribution in [0.1, 0.15) is 11.1 Å². The Kier molecular flexibility index (Phi) is 5.44. The number of furan rings is 1. The van der Waals surface area contributed by atoms with Gasteiger partial charge >= 0.3 is 0 Å². The number of benzene rings is 6. The van der Waals surface area contributed by atoms with E-state index >= 15 is 0 Å². The zero-order valence-electron chi connectivity index (χ0n) is 22.3. The molecule has 42 heavy (non-hydrogen) atoms. The van der Waals surface area contributed by atoms with Crippen molar-refractivity contribution in [3.8, 4) is 45.5 Å². The van der Waals surface area contributed by atoms with Crippen LogP contribution in [0.2, 0.25) is 0 Å². The largest absolute Gasteiger partial charge is 0.456 e. The first-order valence-corrected chi connectivity index (χ1v) is 14.4. The first kappa shape index (κ1) is 24.1. The van der Waals surface area contributed by atoms with Gasteiger partial charge in [-0.1, -0.05) is 66.7 Å². The van der Waals surface area contributed by atoms with E-state index in [4.69, 9.17) is 4.42 Å². The summed E-state index contributed by atoms with van der Waals surface area (Å²) in [6.45, 7) is 0. The van der Waals surface area contributed by atoms with Gasteiger partial charge in [-0.15, -0.1) is 11.3 Å². The Bertz CT molecular complexity index is 2450. The van der Waals surface area contributed by atoms with Gasteiger partial charge in [-0.3, -0.25) is 0 Å². The maximum atomic E-state index is 10.0. The number of nitriles is 2. The second-order valence-electron chi connectivity index (χ2n) is 10.4. The van der Waals surface area contributed by atoms with E-state index in [0.29, 0.717) is 11.1 Å². The number of rotatable bonds is 3. The standard InChI is InChI=1S/C38H20N2OS/c39-21-23-9-15-35-33(17-23)34-19-25(12-16-36(34)41-35)24-10-13-29(32(18-24)28-6-2-1-5-27(28)22-40)26-11-14-31-30-7-3-4-8-37(30)42-38(31)20-26/h1-20H. The molecule has 3 nitrogen and oxygen atoms in total. The third-order valence-electron chi connectivity index (χ3n) is 7.98. The fraction of sp³-hybridized carbons (Fsp3) is 0. The van der Waals surface area contributed by atoms with Gasteiger partial charge in [0, 0.05) is 36.5 Å². The van der Waals surface area contributed by atoms with Crippen LogP contribution in [0.15, 0.2) is 126 Å². The Morgan fingerprint density at radius 2 is 1.19 bits per heavy atom. The lowest BCUT2D eigenvalue weighted by molar-refractivity contribution is 0.669. The maximum absolute atomic E-state index is 10.0. The van der Waals surface area contributed by atoms with E-state index in [0.717, 1.165) is 55.3 Å². The van der Waals surface area contributed by atoms with Gasteiger partial charge in [-0.2, -0.15) is 10.5 Å². The summed E-state index contributed by atoms with van der Waals surface area (Å²) in [6, 6.07) is 45.8. The first-order valence-electron chi connectivity index (χ1n) is 13.6. The lowest BCUT2D eigenvalue weighted by Crippen LogP contribution is -1.90. The summed E-state index contributed by atoms with van der Waals surface area (Å²) in [7, 11) is 0. The minimum absolute atomic E-state index is 0.603. The van der Waals surface area contributed by atoms with Gasteiger partial charge in [0.25, 0.3) is 0 Å². The zero-order valence-corrected chi connectivity index (χ0v) is 23.1. The van der Waals surface area contributed by atoms with Crippen molar-refractivity contribution in [1.29, 1.82) is 10.5 Å². The number of thiophene rings is 1. The predicted octanol–water partition coefficient (Wildman–Crippen LogP) is 10.7. The Morgan fingerprint density at radius 3 is 2.07 bits per heavy atom. The van der Waals surface area contributed by atoms with Crippen LogP contribution < -0.4 is 0 Å². The van der Waals surface area contributed by atoms with Crippen molar-refractivity contribution in [1.82, 2.24) is 0 Å². The molecule has 0 aliphatic carbocycles. The quantitative estimate of drug-likeness (QED) is 0.219. The summed E-state index contributed by atoms with van der Waals surface area (Å²) in [4.78, 5) is 0. The Morgan fingerprint density at radius 1 is 0.476 bits per heavy atom. The van der Waals surface area contributed by atoms with Gasteiger partial charge < -0.3 is 4.42 Å². The molecule has 0 amide bonds. The minimum atomic E-state index is 0.603. The van der Waals surface area contributed by atoms with Crippen LogP contribution in [-0.2, 0) is 0 Å². The molecule has 0 bridgehead atoms. The van der Waals surface area contributed by atoms with E-state index in [1.807, 2.05) is 42.5 Å². The fourth-order valence-corrected chi connectivity index (χ4v) is 7.08. The number of fused-ring (bicyclic) bond motifs is 6. The van der Waals surface area contributed by atoms with E-state index in [1.54, 1.807) is 17.4 Å². The molecule has 194 valence electrons. The van der Waals surface area contributed by atoms with E-state index in [2.05, 4.69) is 84.9 Å². The summed E-state index contributed by atoms with van der Waals surface area (Å²) < 4.78 is 8.57. The molecule has 8 rings (SSSR count). The van der Waals surface area contributed by atoms with Crippen molar-refractivity contribution in [2.45, 2.75) is 0 Å². The second kappa shape index (κ2) is 9.46. The van der Waals surface area contributed by atoms with Crippen LogP contribution in [-0.4, -0.2) is 0 Å². The van der Waals surface area contributed by atoms with Gasteiger partial charge in [0.05, 0.1) is 23.3 Å². The average molecular weight is 553 g/mol. The van der Waals surface area contributed by atoms with Crippen molar-refractivity contribution in [3.63, 3.8) is 0 Å². The highest BCUT2D eigenvalue weighted by molar-refractivity contribution is 7.25. The number of hydrogen-bond acceptors (Lipinski definition) is 4. The van der Waals surface area contributed by atoms with Gasteiger partial charge in [0.2, 0.25) is 0 Å². The summed E-state index contributed by atoms with van der Waals surface area (Å²) >= 11 is 1.80. The predicted molar refractivity (Wildman–Crippen MR) is 172 cm³/mol. The summed E-state index contributed by atoms with van der Waals surface area (Å²) in [5, 5.41) is 23.9. The van der Waals surface area contributed by atoms with Gasteiger partial charge in [0.1, 0.15) is 11.2 Å². The molecule has 0 fully saturated rings. The third-order valence-corrected chi connectivity index (χ3v) is 9.11. The van der Waals surface area contributed by atoms with Crippen LogP contribution in [0.4, 0.5) is 0 Å². The average Bonchev–Trinajstić information content (AvgIpc) is 3.61. The minimum Gasteiger partial charge on any atom is -0.456 e. The Hall–Kier alpha value is -5.68. The van der Waals surface area contributed by atoms with Crippen LogP contribution in [0.25, 0.3) is 75.5 Å². The molecule has 0 radical (unpaired) electrons. The molecule has 0 N–H and O–H groups in total. The zero-order chi connectivity index (χ0) is 28.2. The molecule has 2 aromatic heterocycles. The first-order chi connectivity index (χ1) is 20.7. The molecular weight excluding hydrogens is 532 g/mol. The van der Waals surface area contributed by atoms with Gasteiger partial charge in [-0.25, -0.2) is 0 Å². The van der Waals surface area contributed by atoms with Crippen molar-refractivity contribution >= 4 is 53.4 Å². The fourth-order valence-electron chi connectivity index (χ4n) is 5.93. The van der Waals surface area contributed by atoms with Crippen molar-refractivity contribution in [2.24, 2.45) is 0 Å². The molecule has 0 unspecified atom stereocenters. The highest BCUT2D eigenvalue weighted by atomic mass is 32.1. The van der Waals surface area contributed by atoms with Gasteiger partial charge in [-0.05, 0) is 82.4 Å². The highest BCUT2D eigenvalue weighted by Crippen LogP contribution is 2.41. The molecule has 0 saturated heterocycles. The lowest BCUT2D eigenvalue weighted by atomic mass is 9.89. The Labute approximate surface area is 245 Å². The number of hydrogen-bond donors (Lipinski definition) is 0. The van der Waals surface area contributed by atoms with E-state index in [-0.39, 0.29) is 0 Å². The van der Waals surface area contributed by atoms with E-state index in [9.17, 15) is 10.5 Å². The topological polar surface area (TPSA) is 60.7 Å². The molecule has 0 atom stereocenters. The number of nitrogens with zero attached hydrogens (tertiary/aromatic N) is 2. The van der Waals surface area contributed by atoms with Crippen LogP contribution in [0, 0.1) is 22.7 Å². The van der Waals surface area contributed by atoms with E-state index < -0.39 is 0 Å². The second-order valence-corrected chi connectivity index (χ2v) is 11.4. The Balaban J connectivity index is 1.34. The van der Waals surface area contributed by atoms with Crippen molar-refractivity contribution in [2.75, 3.05) is 0 Å². The molecule has 4 heteroatoms. The molecule has 8 aromatic rings. The smallest absolute Gasteiger partial charge is 0.135 e. The SMILES string of the molecule is N#Cc1ccc2oc3ccc(-c4ccc(-c5ccc6c(c5)sc5ccccc56)c(-c5ccccc5C#N)c4)cc3c2c1. The molecule has 0 spiro atoms. The molecule has 0 aliphatic rings. The third kappa shape index (κ3) is 3.79. The summed E-state index contributed by atoms with van der Waals surface area (Å²) in [5.41, 5.74) is 8.97. The van der Waals surface area contributed by atoms with Crippen molar-refractivity contribution < 1.29 is 4.42 Å². The molecular formula is C38H20N2OS. The molecule has 2 heterocycles. The molecule has 6 aromatic carbocycles. The van der Waals surface area contributed by atoms with E-state index in [1.165, 1.54) is 20.2 Å².